The Morgan fingerprint density at radius 1 is 1.19 bits per heavy atom. The highest BCUT2D eigenvalue weighted by Gasteiger charge is 2.83. The van der Waals surface area contributed by atoms with E-state index in [1.54, 1.807) is 13.0 Å². The molecule has 0 spiro atoms. The number of ketones is 1. The summed E-state index contributed by atoms with van der Waals surface area (Å²) in [4.78, 5) is 25.9. The molecule has 2 saturated carbocycles. The topological polar surface area (TPSA) is 104 Å². The molecule has 3 N–H and O–H groups in total. The van der Waals surface area contributed by atoms with Crippen molar-refractivity contribution < 1.29 is 29.6 Å². The average Bonchev–Trinajstić information content (AvgIpc) is 3.22. The largest absolute Gasteiger partial charge is 0.458 e. The zero-order valence-corrected chi connectivity index (χ0v) is 22.3. The van der Waals surface area contributed by atoms with E-state index in [0.717, 1.165) is 19.3 Å². The van der Waals surface area contributed by atoms with Crippen LogP contribution in [-0.4, -0.2) is 50.5 Å². The number of ether oxygens (including phenoxy) is 1. The second-order valence-electron chi connectivity index (χ2n) is 12.0. The van der Waals surface area contributed by atoms with Crippen LogP contribution in [0.1, 0.15) is 73.1 Å². The van der Waals surface area contributed by atoms with E-state index in [-0.39, 0.29) is 43.0 Å². The monoisotopic (exact) mass is 498 g/mol. The second-order valence-corrected chi connectivity index (χ2v) is 12.0. The molecule has 198 valence electrons. The predicted molar refractivity (Wildman–Crippen MR) is 138 cm³/mol. The summed E-state index contributed by atoms with van der Waals surface area (Å²) in [5, 5.41) is 34.0. The van der Waals surface area contributed by atoms with Gasteiger partial charge in [-0.25, -0.2) is 0 Å². The van der Waals surface area contributed by atoms with E-state index in [4.69, 9.17) is 4.74 Å². The molecule has 6 nitrogen and oxygen atoms in total. The molecular weight excluding hydrogens is 456 g/mol. The minimum atomic E-state index is -1.78. The van der Waals surface area contributed by atoms with Crippen molar-refractivity contribution in [3.63, 3.8) is 0 Å². The highest BCUT2D eigenvalue weighted by Crippen LogP contribution is 2.76. The number of unbranched alkanes of at least 4 members (excludes halogenated alkanes) is 2. The molecule has 0 aliphatic heterocycles. The third kappa shape index (κ3) is 3.88. The number of aliphatic hydroxyl groups is 3. The number of aliphatic hydroxyl groups excluding tert-OH is 1. The summed E-state index contributed by atoms with van der Waals surface area (Å²) in [6, 6.07) is 0. The van der Waals surface area contributed by atoms with Crippen LogP contribution in [0.2, 0.25) is 0 Å². The summed E-state index contributed by atoms with van der Waals surface area (Å²) in [6.45, 7) is 9.54. The number of carbonyl (C=O) groups excluding carboxylic acids is 2. The molecule has 0 radical (unpaired) electrons. The zero-order valence-electron chi connectivity index (χ0n) is 22.3. The van der Waals surface area contributed by atoms with Gasteiger partial charge in [0.1, 0.15) is 11.2 Å². The van der Waals surface area contributed by atoms with Crippen molar-refractivity contribution >= 4 is 11.8 Å². The van der Waals surface area contributed by atoms with Crippen molar-refractivity contribution in [2.24, 2.45) is 29.1 Å². The number of Topliss-reactive ketones (excluding diaryl/α,β-unsaturated/α-hetero) is 1. The molecule has 2 fully saturated rings. The average molecular weight is 499 g/mol. The Bertz CT molecular complexity index is 1030. The fourth-order valence-corrected chi connectivity index (χ4v) is 7.58. The van der Waals surface area contributed by atoms with E-state index in [1.807, 2.05) is 31.2 Å². The lowest BCUT2D eigenvalue weighted by molar-refractivity contribution is -0.186. The molecule has 0 saturated heterocycles. The molecule has 0 aromatic heterocycles. The highest BCUT2D eigenvalue weighted by molar-refractivity contribution is 6.04. The Morgan fingerprint density at radius 3 is 2.56 bits per heavy atom. The Balaban J connectivity index is 1.61. The van der Waals surface area contributed by atoms with Gasteiger partial charge < -0.3 is 20.1 Å². The zero-order chi connectivity index (χ0) is 26.5. The van der Waals surface area contributed by atoms with E-state index in [1.165, 1.54) is 0 Å². The van der Waals surface area contributed by atoms with E-state index < -0.39 is 34.1 Å². The molecule has 4 rings (SSSR count). The van der Waals surface area contributed by atoms with Crippen LogP contribution in [-0.2, 0) is 14.3 Å². The normalized spacial score (nSPS) is 40.8. The Kier molecular flexibility index (Phi) is 7.04. The maximum atomic E-state index is 13.0. The van der Waals surface area contributed by atoms with Crippen molar-refractivity contribution in [1.29, 1.82) is 0 Å². The van der Waals surface area contributed by atoms with Crippen LogP contribution in [0.15, 0.2) is 47.6 Å². The molecule has 4 aliphatic rings. The van der Waals surface area contributed by atoms with Crippen LogP contribution in [0.5, 0.6) is 0 Å². The molecule has 6 heteroatoms. The van der Waals surface area contributed by atoms with E-state index in [0.29, 0.717) is 17.6 Å². The van der Waals surface area contributed by atoms with Gasteiger partial charge in [0, 0.05) is 29.6 Å². The number of hydrogen-bond donors (Lipinski definition) is 3. The molecule has 36 heavy (non-hydrogen) atoms. The molecule has 4 aliphatic carbocycles. The maximum Gasteiger partial charge on any atom is 0.310 e. The Morgan fingerprint density at radius 2 is 1.89 bits per heavy atom. The molecular formula is C30H42O6. The lowest BCUT2D eigenvalue weighted by Gasteiger charge is -2.50. The third-order valence-corrected chi connectivity index (χ3v) is 9.56. The number of esters is 1. The quantitative estimate of drug-likeness (QED) is 0.201. The summed E-state index contributed by atoms with van der Waals surface area (Å²) in [5.41, 5.74) is -3.36. The number of hydrogen-bond acceptors (Lipinski definition) is 6. The summed E-state index contributed by atoms with van der Waals surface area (Å²) >= 11 is 0. The minimum absolute atomic E-state index is 0.0110. The first-order valence-corrected chi connectivity index (χ1v) is 13.4. The highest BCUT2D eigenvalue weighted by atomic mass is 16.6. The van der Waals surface area contributed by atoms with Crippen molar-refractivity contribution in [3.8, 4) is 0 Å². The molecule has 0 unspecified atom stereocenters. The predicted octanol–water partition coefficient (Wildman–Crippen LogP) is 4.20. The molecule has 0 aromatic carbocycles. The maximum absolute atomic E-state index is 13.0. The van der Waals surface area contributed by atoms with Gasteiger partial charge in [0.05, 0.1) is 18.6 Å². The first-order chi connectivity index (χ1) is 16.9. The number of allylic oxidation sites excluding steroid dienone is 3. The third-order valence-electron chi connectivity index (χ3n) is 9.56. The molecule has 0 heterocycles. The fraction of sp³-hybridized carbons (Fsp3) is 0.667. The number of rotatable bonds is 8. The van der Waals surface area contributed by atoms with E-state index in [2.05, 4.69) is 26.8 Å². The van der Waals surface area contributed by atoms with Crippen molar-refractivity contribution in [1.82, 2.24) is 0 Å². The lowest BCUT2D eigenvalue weighted by atomic mass is 9.60. The van der Waals surface area contributed by atoms with Crippen LogP contribution in [0.3, 0.4) is 0 Å². The summed E-state index contributed by atoms with van der Waals surface area (Å²) < 4.78 is 6.20. The number of fused-ring (bicyclic) bond motifs is 5. The van der Waals surface area contributed by atoms with Gasteiger partial charge in [-0.05, 0) is 36.8 Å². The van der Waals surface area contributed by atoms with Gasteiger partial charge in [-0.15, -0.1) is 0 Å². The van der Waals surface area contributed by atoms with Crippen LogP contribution in [0.4, 0.5) is 0 Å². The molecule has 0 aromatic rings. The van der Waals surface area contributed by atoms with Gasteiger partial charge in [0.25, 0.3) is 0 Å². The number of carbonyl (C=O) groups is 2. The molecule has 7 atom stereocenters. The Hall–Kier alpha value is -2.02. The Labute approximate surface area is 214 Å². The SMILES string of the molecule is CCCC/C=C/C=C/CC(=O)O[C@@]12C[C@@H](C)[C@@]3(O)[C@@H](C=C(CO)C[C@]4(O)C(=O)C(C)=C[C@@H]34)[C@@H]1C2(C)C. The first kappa shape index (κ1) is 27.0. The van der Waals surface area contributed by atoms with Gasteiger partial charge in [0.2, 0.25) is 0 Å². The van der Waals surface area contributed by atoms with Crippen LogP contribution in [0, 0.1) is 29.1 Å². The second kappa shape index (κ2) is 9.38. The van der Waals surface area contributed by atoms with Crippen LogP contribution < -0.4 is 0 Å². The summed E-state index contributed by atoms with van der Waals surface area (Å²) in [5.74, 6) is -2.50. The van der Waals surface area contributed by atoms with Crippen molar-refractivity contribution in [2.75, 3.05) is 6.61 Å². The minimum Gasteiger partial charge on any atom is -0.458 e. The van der Waals surface area contributed by atoms with Crippen LogP contribution in [0.25, 0.3) is 0 Å². The van der Waals surface area contributed by atoms with Gasteiger partial charge in [-0.2, -0.15) is 0 Å². The molecule has 0 bridgehead atoms. The summed E-state index contributed by atoms with van der Waals surface area (Å²) in [6.07, 6.45) is 15.2. The van der Waals surface area contributed by atoms with Gasteiger partial charge >= 0.3 is 5.97 Å². The van der Waals surface area contributed by atoms with Gasteiger partial charge in [-0.3, -0.25) is 9.59 Å². The smallest absolute Gasteiger partial charge is 0.310 e. The van der Waals surface area contributed by atoms with E-state index in [9.17, 15) is 24.9 Å². The standard InChI is InChI=1S/C30H42O6/c1-6-7-8-9-10-11-12-13-24(32)36-29-16-20(3)30(35)22(25(29)27(29,4)5)15-21(18-31)17-28(34)23(30)14-19(2)26(28)33/h9-12,14-15,20,22-23,25,31,34-35H,6-8,13,16-18H2,1-5H3/b10-9+,12-11+/t20-,22+,23-,25-,28-,29+,30-/m1/s1. The lowest BCUT2D eigenvalue weighted by Crippen LogP contribution is -2.61. The van der Waals surface area contributed by atoms with Crippen molar-refractivity contribution in [3.05, 3.63) is 47.6 Å². The van der Waals surface area contributed by atoms with Crippen molar-refractivity contribution in [2.45, 2.75) is 89.9 Å². The van der Waals surface area contributed by atoms with E-state index >= 15 is 0 Å². The summed E-state index contributed by atoms with van der Waals surface area (Å²) in [7, 11) is 0. The first-order valence-electron chi connectivity index (χ1n) is 13.4. The van der Waals surface area contributed by atoms with Gasteiger partial charge in [-0.1, -0.05) is 77.0 Å². The van der Waals surface area contributed by atoms with Gasteiger partial charge in [0.15, 0.2) is 5.78 Å². The molecule has 0 amide bonds. The van der Waals surface area contributed by atoms with Crippen LogP contribution >= 0.6 is 0 Å². The fourth-order valence-electron chi connectivity index (χ4n) is 7.58.